The number of carbonyl (C=O) groups excluding carboxylic acids is 2. The first-order chi connectivity index (χ1) is 16.5. The fraction of sp³-hybridized carbons (Fsp3) is 0.231. The number of halogens is 2. The molecule has 6 nitrogen and oxygen atoms in total. The number of piperazine rings is 1. The summed E-state index contributed by atoms with van der Waals surface area (Å²) in [4.78, 5) is 29.0. The average molecular weight is 482 g/mol. The van der Waals surface area contributed by atoms with Gasteiger partial charge in [0.15, 0.2) is 0 Å². The molecule has 176 valence electrons. The third-order valence-corrected chi connectivity index (χ3v) is 5.95. The molecule has 0 unspecified atom stereocenters. The molecule has 1 aliphatic rings. The molecule has 0 radical (unpaired) electrons. The van der Waals surface area contributed by atoms with E-state index in [-0.39, 0.29) is 17.4 Å². The predicted octanol–water partition coefficient (Wildman–Crippen LogP) is 5.09. The highest BCUT2D eigenvalue weighted by atomic mass is 35.5. The van der Waals surface area contributed by atoms with E-state index in [1.165, 1.54) is 12.1 Å². The van der Waals surface area contributed by atoms with E-state index in [0.29, 0.717) is 54.8 Å². The zero-order valence-corrected chi connectivity index (χ0v) is 19.5. The van der Waals surface area contributed by atoms with E-state index in [4.69, 9.17) is 16.3 Å². The van der Waals surface area contributed by atoms with E-state index in [0.717, 1.165) is 5.69 Å². The molecule has 3 aromatic rings. The van der Waals surface area contributed by atoms with Crippen LogP contribution in [0.25, 0.3) is 0 Å². The molecular weight excluding hydrogens is 457 g/mol. The number of carbonyl (C=O) groups is 2. The number of nitrogens with one attached hydrogen (secondary N) is 1. The Morgan fingerprint density at radius 1 is 1.00 bits per heavy atom. The molecule has 0 aliphatic carbocycles. The third kappa shape index (κ3) is 5.31. The number of benzene rings is 3. The molecule has 1 heterocycles. The van der Waals surface area contributed by atoms with Crippen LogP contribution in [0.2, 0.25) is 5.02 Å². The van der Waals surface area contributed by atoms with Crippen LogP contribution in [0, 0.1) is 5.82 Å². The van der Waals surface area contributed by atoms with Crippen LogP contribution in [-0.4, -0.2) is 49.5 Å². The van der Waals surface area contributed by atoms with Crippen molar-refractivity contribution in [3.63, 3.8) is 0 Å². The SMILES string of the molecule is CCOc1ccc(C(=O)Nc2ccc(N3CCN(C(=O)c4ccccc4F)CC3)cc2)cc1Cl. The fourth-order valence-corrected chi connectivity index (χ4v) is 4.08. The molecule has 0 spiro atoms. The number of rotatable bonds is 6. The minimum atomic E-state index is -0.500. The Labute approximate surface area is 202 Å². The summed E-state index contributed by atoms with van der Waals surface area (Å²) < 4.78 is 19.3. The molecule has 0 atom stereocenters. The average Bonchev–Trinajstić information content (AvgIpc) is 2.86. The van der Waals surface area contributed by atoms with Gasteiger partial charge in [-0.1, -0.05) is 23.7 Å². The third-order valence-electron chi connectivity index (χ3n) is 5.66. The lowest BCUT2D eigenvalue weighted by Gasteiger charge is -2.36. The maximum atomic E-state index is 13.9. The van der Waals surface area contributed by atoms with Gasteiger partial charge >= 0.3 is 0 Å². The molecule has 1 aliphatic heterocycles. The monoisotopic (exact) mass is 481 g/mol. The maximum absolute atomic E-state index is 13.9. The Morgan fingerprint density at radius 2 is 1.71 bits per heavy atom. The fourth-order valence-electron chi connectivity index (χ4n) is 3.85. The van der Waals surface area contributed by atoms with Crippen molar-refractivity contribution in [2.24, 2.45) is 0 Å². The summed E-state index contributed by atoms with van der Waals surface area (Å²) in [6.07, 6.45) is 0. The van der Waals surface area contributed by atoms with Crippen molar-refractivity contribution in [2.45, 2.75) is 6.92 Å². The van der Waals surface area contributed by atoms with Crippen molar-refractivity contribution in [1.29, 1.82) is 0 Å². The van der Waals surface area contributed by atoms with E-state index < -0.39 is 5.82 Å². The van der Waals surface area contributed by atoms with Gasteiger partial charge in [0.05, 0.1) is 17.2 Å². The first-order valence-electron chi connectivity index (χ1n) is 11.1. The number of hydrogen-bond acceptors (Lipinski definition) is 4. The second-order valence-electron chi connectivity index (χ2n) is 7.84. The minimum Gasteiger partial charge on any atom is -0.492 e. The van der Waals surface area contributed by atoms with Gasteiger partial charge in [-0.05, 0) is 61.5 Å². The van der Waals surface area contributed by atoms with Gasteiger partial charge in [0.1, 0.15) is 11.6 Å². The van der Waals surface area contributed by atoms with E-state index >= 15 is 0 Å². The summed E-state index contributed by atoms with van der Waals surface area (Å²) in [6.45, 7) is 4.64. The van der Waals surface area contributed by atoms with Crippen LogP contribution >= 0.6 is 11.6 Å². The van der Waals surface area contributed by atoms with Crippen molar-refractivity contribution >= 4 is 34.8 Å². The first kappa shape index (κ1) is 23.6. The molecule has 3 aromatic carbocycles. The number of amides is 2. The second kappa shape index (κ2) is 10.6. The Bertz CT molecular complexity index is 1180. The van der Waals surface area contributed by atoms with Crippen molar-refractivity contribution in [3.05, 3.63) is 88.7 Å². The van der Waals surface area contributed by atoms with Crippen LogP contribution < -0.4 is 15.0 Å². The molecule has 34 heavy (non-hydrogen) atoms. The zero-order chi connectivity index (χ0) is 24.1. The molecule has 0 aromatic heterocycles. The van der Waals surface area contributed by atoms with Gasteiger partial charge < -0.3 is 19.9 Å². The smallest absolute Gasteiger partial charge is 0.256 e. The van der Waals surface area contributed by atoms with E-state index in [9.17, 15) is 14.0 Å². The van der Waals surface area contributed by atoms with E-state index in [1.54, 1.807) is 35.2 Å². The lowest BCUT2D eigenvalue weighted by molar-refractivity contribution is 0.0742. The van der Waals surface area contributed by atoms with Crippen molar-refractivity contribution in [1.82, 2.24) is 4.90 Å². The molecule has 1 N–H and O–H groups in total. The molecule has 8 heteroatoms. The molecule has 0 saturated carbocycles. The van der Waals surface area contributed by atoms with Gasteiger partial charge in [-0.25, -0.2) is 4.39 Å². The first-order valence-corrected chi connectivity index (χ1v) is 11.5. The van der Waals surface area contributed by atoms with E-state index in [2.05, 4.69) is 10.2 Å². The number of ether oxygens (including phenoxy) is 1. The van der Waals surface area contributed by atoms with Crippen LogP contribution in [0.4, 0.5) is 15.8 Å². The quantitative estimate of drug-likeness (QED) is 0.532. The van der Waals surface area contributed by atoms with Crippen molar-refractivity contribution in [2.75, 3.05) is 43.0 Å². The van der Waals surface area contributed by atoms with Gasteiger partial charge in [0, 0.05) is 43.1 Å². The van der Waals surface area contributed by atoms with Crippen LogP contribution in [0.5, 0.6) is 5.75 Å². The summed E-state index contributed by atoms with van der Waals surface area (Å²) in [5.74, 6) is -0.510. The molecule has 0 bridgehead atoms. The molecule has 4 rings (SSSR count). The molecule has 1 saturated heterocycles. The molecular formula is C26H25ClFN3O3. The van der Waals surface area contributed by atoms with E-state index in [1.807, 2.05) is 31.2 Å². The summed E-state index contributed by atoms with van der Waals surface area (Å²) in [5, 5.41) is 3.25. The zero-order valence-electron chi connectivity index (χ0n) is 18.8. The number of hydrogen-bond donors (Lipinski definition) is 1. The Kier molecular flexibility index (Phi) is 7.33. The van der Waals surface area contributed by atoms with Crippen LogP contribution in [0.15, 0.2) is 66.7 Å². The lowest BCUT2D eigenvalue weighted by Crippen LogP contribution is -2.49. The summed E-state index contributed by atoms with van der Waals surface area (Å²) in [7, 11) is 0. The predicted molar refractivity (Wildman–Crippen MR) is 132 cm³/mol. The minimum absolute atomic E-state index is 0.102. The second-order valence-corrected chi connectivity index (χ2v) is 8.25. The van der Waals surface area contributed by atoms with Crippen LogP contribution in [0.3, 0.4) is 0 Å². The van der Waals surface area contributed by atoms with Crippen LogP contribution in [-0.2, 0) is 0 Å². The topological polar surface area (TPSA) is 61.9 Å². The Hall–Kier alpha value is -3.58. The van der Waals surface area contributed by atoms with Gasteiger partial charge in [-0.15, -0.1) is 0 Å². The lowest BCUT2D eigenvalue weighted by atomic mass is 10.1. The highest BCUT2D eigenvalue weighted by Crippen LogP contribution is 2.26. The van der Waals surface area contributed by atoms with Crippen molar-refractivity contribution in [3.8, 4) is 5.75 Å². The Morgan fingerprint density at radius 3 is 2.35 bits per heavy atom. The van der Waals surface area contributed by atoms with Gasteiger partial charge in [-0.2, -0.15) is 0 Å². The largest absolute Gasteiger partial charge is 0.492 e. The molecule has 1 fully saturated rings. The van der Waals surface area contributed by atoms with Gasteiger partial charge in [-0.3, -0.25) is 9.59 Å². The van der Waals surface area contributed by atoms with Crippen LogP contribution in [0.1, 0.15) is 27.6 Å². The highest BCUT2D eigenvalue weighted by Gasteiger charge is 2.24. The molecule has 2 amide bonds. The summed E-state index contributed by atoms with van der Waals surface area (Å²) >= 11 is 6.18. The maximum Gasteiger partial charge on any atom is 0.256 e. The normalized spacial score (nSPS) is 13.5. The Balaban J connectivity index is 1.33. The number of nitrogens with zero attached hydrogens (tertiary/aromatic N) is 2. The van der Waals surface area contributed by atoms with Gasteiger partial charge in [0.25, 0.3) is 11.8 Å². The van der Waals surface area contributed by atoms with Crippen molar-refractivity contribution < 1.29 is 18.7 Å². The summed E-state index contributed by atoms with van der Waals surface area (Å²) in [6, 6.07) is 18.5. The highest BCUT2D eigenvalue weighted by molar-refractivity contribution is 6.32. The standard InChI is InChI=1S/C26H25ClFN3O3/c1-2-34-24-12-7-18(17-22(24)27)25(32)29-19-8-10-20(11-9-19)30-13-15-31(16-14-30)26(33)21-5-3-4-6-23(21)28/h3-12,17H,2,13-16H2,1H3,(H,29,32). The summed E-state index contributed by atoms with van der Waals surface area (Å²) in [5.41, 5.74) is 2.19. The number of anilines is 2. The van der Waals surface area contributed by atoms with Gasteiger partial charge in [0.2, 0.25) is 0 Å².